The zero-order valence-electron chi connectivity index (χ0n) is 20.0. The van der Waals surface area contributed by atoms with Crippen molar-refractivity contribution in [3.8, 4) is 0 Å². The molecular weight excluding hydrogens is 444 g/mol. The largest absolute Gasteiger partial charge is 0.491 e. The summed E-state index contributed by atoms with van der Waals surface area (Å²) in [6.45, 7) is 8.91. The van der Waals surface area contributed by atoms with Crippen LogP contribution >= 0.6 is 0 Å². The maximum atomic E-state index is 15.0. The van der Waals surface area contributed by atoms with Crippen LogP contribution in [0.3, 0.4) is 0 Å². The second kappa shape index (κ2) is 12.1. The lowest BCUT2D eigenvalue weighted by Crippen LogP contribution is -2.19. The van der Waals surface area contributed by atoms with Gasteiger partial charge in [0, 0.05) is 0 Å². The van der Waals surface area contributed by atoms with E-state index in [4.69, 9.17) is 4.74 Å². The second-order valence-corrected chi connectivity index (χ2v) is 9.72. The summed E-state index contributed by atoms with van der Waals surface area (Å²) in [5.74, 6) is -3.71. The van der Waals surface area contributed by atoms with Crippen molar-refractivity contribution in [2.75, 3.05) is 6.61 Å². The van der Waals surface area contributed by atoms with Crippen molar-refractivity contribution in [2.24, 2.45) is 5.92 Å². The van der Waals surface area contributed by atoms with Gasteiger partial charge < -0.3 is 9.84 Å². The minimum Gasteiger partial charge on any atom is -0.491 e. The maximum Gasteiger partial charge on any atom is 0.200 e. The van der Waals surface area contributed by atoms with Crippen LogP contribution in [0.4, 0.5) is 17.6 Å². The fourth-order valence-corrected chi connectivity index (χ4v) is 5.36. The van der Waals surface area contributed by atoms with Gasteiger partial charge in [0.25, 0.3) is 0 Å². The van der Waals surface area contributed by atoms with Crippen molar-refractivity contribution in [1.82, 2.24) is 0 Å². The van der Waals surface area contributed by atoms with Crippen molar-refractivity contribution >= 4 is 0 Å². The summed E-state index contributed by atoms with van der Waals surface area (Å²) in [4.78, 5) is 0. The van der Waals surface area contributed by atoms with E-state index >= 15 is 0 Å². The van der Waals surface area contributed by atoms with Crippen LogP contribution in [-0.2, 0) is 4.74 Å². The Hall–Kier alpha value is -2.08. The van der Waals surface area contributed by atoms with Gasteiger partial charge in [-0.15, -0.1) is 0 Å². The topological polar surface area (TPSA) is 29.5 Å². The lowest BCUT2D eigenvalue weighted by Gasteiger charge is -2.30. The quantitative estimate of drug-likeness (QED) is 0.219. The highest BCUT2D eigenvalue weighted by Crippen LogP contribution is 2.42. The van der Waals surface area contributed by atoms with Crippen LogP contribution in [0.1, 0.15) is 94.1 Å². The molecule has 0 saturated heterocycles. The van der Waals surface area contributed by atoms with Crippen LogP contribution in [-0.4, -0.2) is 17.8 Å². The first-order chi connectivity index (χ1) is 16.2. The van der Waals surface area contributed by atoms with E-state index in [1.54, 1.807) is 19.1 Å². The van der Waals surface area contributed by atoms with E-state index in [0.717, 1.165) is 25.7 Å². The van der Waals surface area contributed by atoms with E-state index in [-0.39, 0.29) is 35.9 Å². The molecule has 34 heavy (non-hydrogen) atoms. The molecule has 2 aliphatic rings. The zero-order valence-corrected chi connectivity index (χ0v) is 20.0. The lowest BCUT2D eigenvalue weighted by molar-refractivity contribution is 0.122. The van der Waals surface area contributed by atoms with Crippen LogP contribution in [0.25, 0.3) is 0 Å². The van der Waals surface area contributed by atoms with Crippen molar-refractivity contribution in [3.63, 3.8) is 0 Å². The summed E-state index contributed by atoms with van der Waals surface area (Å²) in [7, 11) is 0. The van der Waals surface area contributed by atoms with E-state index in [1.807, 2.05) is 0 Å². The van der Waals surface area contributed by atoms with Crippen LogP contribution in [0.15, 0.2) is 48.3 Å². The Kier molecular flexibility index (Phi) is 9.40. The monoisotopic (exact) mass is 480 g/mol. The molecule has 188 valence electrons. The fraction of sp³-hybridized carbons (Fsp3) is 0.571. The number of ether oxygens (including phenoxy) is 1. The van der Waals surface area contributed by atoms with Crippen LogP contribution < -0.4 is 0 Å². The number of hydrogen-bond acceptors (Lipinski definition) is 2. The third kappa shape index (κ3) is 6.32. The summed E-state index contributed by atoms with van der Waals surface area (Å²) < 4.78 is 63.0. The van der Waals surface area contributed by atoms with Crippen LogP contribution in [0, 0.1) is 17.6 Å². The lowest BCUT2D eigenvalue weighted by atomic mass is 9.76. The molecular formula is C28H36F4O2. The average molecular weight is 481 g/mol. The molecule has 2 nitrogen and oxygen atoms in total. The number of hydrogen-bond donors (Lipinski definition) is 1. The molecule has 0 amide bonds. The molecule has 2 aliphatic carbocycles. The van der Waals surface area contributed by atoms with Gasteiger partial charge in [-0.05, 0) is 106 Å². The van der Waals surface area contributed by atoms with Gasteiger partial charge in [0.15, 0.2) is 29.0 Å². The molecule has 1 N–H and O–H groups in total. The predicted molar refractivity (Wildman–Crippen MR) is 127 cm³/mol. The number of rotatable bonds is 9. The third-order valence-corrected chi connectivity index (χ3v) is 7.49. The Morgan fingerprint density at radius 2 is 1.38 bits per heavy atom. The first kappa shape index (κ1) is 26.5. The van der Waals surface area contributed by atoms with Crippen molar-refractivity contribution in [3.05, 3.63) is 71.0 Å². The molecule has 1 aromatic carbocycles. The molecule has 2 saturated carbocycles. The molecule has 0 aromatic heterocycles. The molecule has 0 aliphatic heterocycles. The normalized spacial score (nSPS) is 26.1. The summed E-state index contributed by atoms with van der Waals surface area (Å²) >= 11 is 0. The molecule has 6 heteroatoms. The minimum atomic E-state index is -1.11. The summed E-state index contributed by atoms with van der Waals surface area (Å²) in [6.07, 6.45) is 6.35. The molecule has 1 aromatic rings. The number of aliphatic hydroxyl groups is 1. The third-order valence-electron chi connectivity index (χ3n) is 7.49. The zero-order chi connectivity index (χ0) is 24.8. The number of benzene rings is 1. The highest BCUT2D eigenvalue weighted by Gasteiger charge is 2.29. The fourth-order valence-electron chi connectivity index (χ4n) is 5.36. The Bertz CT molecular complexity index is 907. The SMILES string of the molecule is C=C(CCC1CCC(c2ccc(C3CCC(O)CC3)c(F)c2F)CC1)/C(F)=C(/F)C(=C)OCC. The van der Waals surface area contributed by atoms with Gasteiger partial charge in [-0.3, -0.25) is 0 Å². The maximum absolute atomic E-state index is 15.0. The van der Waals surface area contributed by atoms with Gasteiger partial charge in [-0.2, -0.15) is 4.39 Å². The smallest absolute Gasteiger partial charge is 0.200 e. The van der Waals surface area contributed by atoms with E-state index < -0.39 is 23.3 Å². The Balaban J connectivity index is 1.54. The van der Waals surface area contributed by atoms with Crippen LogP contribution in [0.5, 0.6) is 0 Å². The molecule has 0 heterocycles. The Morgan fingerprint density at radius 1 is 0.882 bits per heavy atom. The number of halogens is 4. The van der Waals surface area contributed by atoms with Gasteiger partial charge in [0.05, 0.1) is 12.7 Å². The number of allylic oxidation sites excluding steroid dienone is 3. The van der Waals surface area contributed by atoms with E-state index in [0.29, 0.717) is 55.6 Å². The standard InChI is InChI=1S/C28H36F4O2/c1-4-34-18(3)26(30)25(29)17(2)5-6-19-7-9-20(10-8-19)23-15-16-24(28(32)27(23)31)21-11-13-22(33)14-12-21/h15-16,19-22,33H,2-14H2,1H3/b26-25-. The minimum absolute atomic E-state index is 0.0410. The van der Waals surface area contributed by atoms with Crippen LogP contribution in [0.2, 0.25) is 0 Å². The highest BCUT2D eigenvalue weighted by atomic mass is 19.2. The van der Waals surface area contributed by atoms with Gasteiger partial charge in [-0.25, -0.2) is 13.2 Å². The Morgan fingerprint density at radius 3 is 1.88 bits per heavy atom. The first-order valence-corrected chi connectivity index (χ1v) is 12.4. The summed E-state index contributed by atoms with van der Waals surface area (Å²) in [5, 5.41) is 9.68. The molecule has 2 fully saturated rings. The molecule has 0 radical (unpaired) electrons. The summed E-state index contributed by atoms with van der Waals surface area (Å²) in [5.41, 5.74) is 0.944. The van der Waals surface area contributed by atoms with Gasteiger partial charge in [-0.1, -0.05) is 25.3 Å². The van der Waals surface area contributed by atoms with Gasteiger partial charge >= 0.3 is 0 Å². The van der Waals surface area contributed by atoms with Crippen molar-refractivity contribution in [2.45, 2.75) is 89.1 Å². The Labute approximate surface area is 200 Å². The molecule has 0 spiro atoms. The molecule has 0 bridgehead atoms. The van der Waals surface area contributed by atoms with E-state index in [2.05, 4.69) is 13.2 Å². The molecule has 0 unspecified atom stereocenters. The summed E-state index contributed by atoms with van der Waals surface area (Å²) in [6, 6.07) is 3.46. The number of aliphatic hydroxyl groups excluding tert-OH is 1. The van der Waals surface area contributed by atoms with Crippen molar-refractivity contribution < 1.29 is 27.4 Å². The van der Waals surface area contributed by atoms with Gasteiger partial charge in [0.1, 0.15) is 0 Å². The van der Waals surface area contributed by atoms with E-state index in [9.17, 15) is 22.7 Å². The van der Waals surface area contributed by atoms with Gasteiger partial charge in [0.2, 0.25) is 0 Å². The predicted octanol–water partition coefficient (Wildman–Crippen LogP) is 8.29. The first-order valence-electron chi connectivity index (χ1n) is 12.4. The second-order valence-electron chi connectivity index (χ2n) is 9.72. The average Bonchev–Trinajstić information content (AvgIpc) is 2.84. The van der Waals surface area contributed by atoms with E-state index in [1.165, 1.54) is 0 Å². The highest BCUT2D eigenvalue weighted by molar-refractivity contribution is 5.33. The molecule has 0 atom stereocenters. The molecule has 3 rings (SSSR count). The van der Waals surface area contributed by atoms with Crippen molar-refractivity contribution in [1.29, 1.82) is 0 Å².